The molecule has 0 N–H and O–H groups in total. The maximum absolute atomic E-state index is 4.71. The Hall–Kier alpha value is 2.37. The molecule has 0 bridgehead atoms. The highest BCUT2D eigenvalue weighted by Crippen LogP contribution is 2.38. The molecule has 0 heterocycles. The van der Waals surface area contributed by atoms with Crippen LogP contribution >= 0.6 is 67.8 Å². The first-order valence-electron chi connectivity index (χ1n) is 1.91. The quantitative estimate of drug-likeness (QED) is 0.354. The topological polar surface area (TPSA) is 9.23 Å². The first-order valence-corrected chi connectivity index (χ1v) is 5.56. The van der Waals surface area contributed by atoms with Gasteiger partial charge in [-0.1, -0.05) is 67.8 Å². The Kier molecular flexibility index (Phi) is 6.58. The van der Waals surface area contributed by atoms with Gasteiger partial charge in [-0.25, -0.2) is 0 Å². The van der Waals surface area contributed by atoms with E-state index in [1.165, 1.54) is 0 Å². The second-order valence-electron chi connectivity index (χ2n) is 1.21. The maximum atomic E-state index is 4.71. The average molecular weight is 465 g/mol. The van der Waals surface area contributed by atoms with Crippen molar-refractivity contribution < 1.29 is 4.43 Å². The normalized spacial score (nSPS) is 12.0. The van der Waals surface area contributed by atoms with E-state index in [1.54, 1.807) is 0 Å². The van der Waals surface area contributed by atoms with Gasteiger partial charge in [-0.2, -0.15) is 0 Å². The van der Waals surface area contributed by atoms with Crippen LogP contribution in [0.2, 0.25) is 0 Å². The van der Waals surface area contributed by atoms with Crippen LogP contribution in [-0.2, 0) is 4.43 Å². The van der Waals surface area contributed by atoms with E-state index in [1.807, 2.05) is 0 Å². The molecule has 0 saturated carbocycles. The molecule has 8 heavy (non-hydrogen) atoms. The summed E-state index contributed by atoms with van der Waals surface area (Å²) in [5, 5.41) is 0. The second kappa shape index (κ2) is 5.08. The molecule has 0 aromatic rings. The zero-order valence-electron chi connectivity index (χ0n) is 3.96. The van der Waals surface area contributed by atoms with E-state index in [4.69, 9.17) is 4.43 Å². The van der Waals surface area contributed by atoms with Crippen LogP contribution in [0, 0.1) is 0 Å². The number of hydrogen-bond donors (Lipinski definition) is 0. The molecule has 0 amide bonds. The van der Waals surface area contributed by atoms with Gasteiger partial charge in [0.2, 0.25) is 10.5 Å². The molecule has 0 aliphatic heterocycles. The largest absolute Gasteiger partial charge is 0.419 e. The highest BCUT2D eigenvalue weighted by atomic mass is 127. The molecule has 3 radical (unpaired) electrons. The Bertz CT molecular complexity index is 62.0. The SMILES string of the molecule is [Si]OCCC(I)(I)I. The molecule has 1 nitrogen and oxygen atoms in total. The summed E-state index contributed by atoms with van der Waals surface area (Å²) in [5.74, 6) is 0. The van der Waals surface area contributed by atoms with Gasteiger partial charge in [0.05, 0.1) is 0 Å². The number of rotatable bonds is 3. The highest BCUT2D eigenvalue weighted by Gasteiger charge is 2.15. The summed E-state index contributed by atoms with van der Waals surface area (Å²) in [5.41, 5.74) is 0. The van der Waals surface area contributed by atoms with Gasteiger partial charge in [-0.05, 0) is 0 Å². The van der Waals surface area contributed by atoms with Crippen LogP contribution in [0.25, 0.3) is 0 Å². The highest BCUT2D eigenvalue weighted by molar-refractivity contribution is 14.3. The van der Waals surface area contributed by atoms with Crippen molar-refractivity contribution in [2.45, 2.75) is 5.86 Å². The third kappa shape index (κ3) is 8.37. The minimum atomic E-state index is 0.305. The molecule has 0 aromatic carbocycles. The summed E-state index contributed by atoms with van der Waals surface area (Å²) in [6, 6.07) is 0. The molecule has 0 unspecified atom stereocenters. The number of halogens is 3. The Labute approximate surface area is 93.7 Å². The third-order valence-corrected chi connectivity index (χ3v) is 2.31. The minimum absolute atomic E-state index is 0.305. The van der Waals surface area contributed by atoms with Crippen LogP contribution in [-0.4, -0.2) is 16.5 Å². The van der Waals surface area contributed by atoms with E-state index >= 15 is 0 Å². The average Bonchev–Trinajstić information content (AvgIpc) is 1.59. The Morgan fingerprint density at radius 3 is 2.00 bits per heavy atom. The maximum Gasteiger partial charge on any atom is 0.246 e. The van der Waals surface area contributed by atoms with Gasteiger partial charge in [-0.3, -0.25) is 0 Å². The van der Waals surface area contributed by atoms with Crippen LogP contribution in [0.4, 0.5) is 0 Å². The van der Waals surface area contributed by atoms with E-state index in [-0.39, 0.29) is 0 Å². The lowest BCUT2D eigenvalue weighted by Crippen LogP contribution is -2.03. The Morgan fingerprint density at radius 1 is 1.38 bits per heavy atom. The minimum Gasteiger partial charge on any atom is -0.419 e. The van der Waals surface area contributed by atoms with Gasteiger partial charge in [-0.15, -0.1) is 0 Å². The third-order valence-electron chi connectivity index (χ3n) is 0.488. The van der Waals surface area contributed by atoms with E-state index in [0.29, 0.717) is -0.565 Å². The molecule has 5 heteroatoms. The van der Waals surface area contributed by atoms with Crippen LogP contribution < -0.4 is 0 Å². The fourth-order valence-corrected chi connectivity index (χ4v) is 0.929. The van der Waals surface area contributed by atoms with E-state index in [2.05, 4.69) is 78.3 Å². The van der Waals surface area contributed by atoms with Crippen LogP contribution in [0.3, 0.4) is 0 Å². The standard InChI is InChI=1S/C3H4I3OSi/c4-3(5,6)1-2-7-8/h1-2H2. The predicted molar refractivity (Wildman–Crippen MR) is 61.1 cm³/mol. The second-order valence-corrected chi connectivity index (χ2v) is 13.2. The summed E-state index contributed by atoms with van der Waals surface area (Å²) in [7, 11) is 2.93. The number of alkyl halides is 3. The molecule has 0 saturated heterocycles. The molecular formula is C3H4I3OSi. The zero-order valence-corrected chi connectivity index (χ0v) is 11.4. The predicted octanol–water partition coefficient (Wildman–Crippen LogP) is 2.44. The summed E-state index contributed by atoms with van der Waals surface area (Å²) in [6.45, 7) is 0.770. The van der Waals surface area contributed by atoms with Crippen molar-refractivity contribution in [3.05, 3.63) is 0 Å². The Balaban J connectivity index is 3.11. The first-order chi connectivity index (χ1) is 3.56. The summed E-state index contributed by atoms with van der Waals surface area (Å²) >= 11 is 7.12. The molecular weight excluding hydrogens is 461 g/mol. The molecule has 0 aromatic heterocycles. The van der Waals surface area contributed by atoms with E-state index in [0.717, 1.165) is 13.0 Å². The fourth-order valence-electron chi connectivity index (χ4n) is 0.167. The molecule has 0 aliphatic carbocycles. The van der Waals surface area contributed by atoms with Crippen molar-refractivity contribution in [2.24, 2.45) is 0 Å². The zero-order chi connectivity index (χ0) is 6.62. The Morgan fingerprint density at radius 2 is 1.88 bits per heavy atom. The van der Waals surface area contributed by atoms with Crippen molar-refractivity contribution in [1.29, 1.82) is 0 Å². The van der Waals surface area contributed by atoms with Gasteiger partial charge in [0.15, 0.2) is 0 Å². The van der Waals surface area contributed by atoms with Gasteiger partial charge < -0.3 is 4.43 Å². The summed E-state index contributed by atoms with van der Waals surface area (Å²) in [6.07, 6.45) is 1.05. The van der Waals surface area contributed by atoms with E-state index in [9.17, 15) is 0 Å². The van der Waals surface area contributed by atoms with Crippen LogP contribution in [0.1, 0.15) is 6.42 Å². The van der Waals surface area contributed by atoms with Gasteiger partial charge in [0.1, 0.15) is -0.565 Å². The monoisotopic (exact) mass is 465 g/mol. The summed E-state index contributed by atoms with van der Waals surface area (Å²) < 4.78 is 5.01. The van der Waals surface area contributed by atoms with Crippen molar-refractivity contribution in [2.75, 3.05) is 6.61 Å². The summed E-state index contributed by atoms with van der Waals surface area (Å²) in [4.78, 5) is 0. The van der Waals surface area contributed by atoms with Gasteiger partial charge in [0.25, 0.3) is 0 Å². The number of hydrogen-bond acceptors (Lipinski definition) is 1. The van der Waals surface area contributed by atoms with Crippen molar-refractivity contribution >= 4 is 78.3 Å². The van der Waals surface area contributed by atoms with Gasteiger partial charge in [0, 0.05) is 13.0 Å². The fraction of sp³-hybridized carbons (Fsp3) is 1.00. The lowest BCUT2D eigenvalue weighted by atomic mass is 10.5. The lowest BCUT2D eigenvalue weighted by Gasteiger charge is -2.09. The van der Waals surface area contributed by atoms with Crippen LogP contribution in [0.5, 0.6) is 0 Å². The molecule has 0 rings (SSSR count). The molecule has 47 valence electrons. The molecule has 0 aliphatic rings. The van der Waals surface area contributed by atoms with Gasteiger partial charge >= 0.3 is 0 Å². The van der Waals surface area contributed by atoms with Crippen molar-refractivity contribution in [3.63, 3.8) is 0 Å². The lowest BCUT2D eigenvalue weighted by molar-refractivity contribution is 0.349. The van der Waals surface area contributed by atoms with Crippen molar-refractivity contribution in [1.82, 2.24) is 0 Å². The molecule has 0 atom stereocenters. The van der Waals surface area contributed by atoms with Crippen molar-refractivity contribution in [3.8, 4) is 0 Å². The first kappa shape index (κ1) is 10.4. The van der Waals surface area contributed by atoms with Crippen LogP contribution in [0.15, 0.2) is 0 Å². The smallest absolute Gasteiger partial charge is 0.246 e. The molecule has 0 fully saturated rings. The van der Waals surface area contributed by atoms with E-state index < -0.39 is 0 Å². The molecule has 0 spiro atoms.